The fourth-order valence-electron chi connectivity index (χ4n) is 4.89. The van der Waals surface area contributed by atoms with Crippen molar-refractivity contribution in [1.29, 1.82) is 0 Å². The van der Waals surface area contributed by atoms with Gasteiger partial charge in [0.1, 0.15) is 23.3 Å². The monoisotopic (exact) mass is 482 g/mol. The summed E-state index contributed by atoms with van der Waals surface area (Å²) in [5.74, 6) is 0.578. The highest BCUT2D eigenvalue weighted by atomic mass is 19.1. The molecule has 0 spiro atoms. The largest absolute Gasteiger partial charge is 0.490 e. The van der Waals surface area contributed by atoms with Crippen LogP contribution in [0, 0.1) is 5.92 Å². The smallest absolute Gasteiger partial charge is 0.274 e. The standard InChI is InChI=1S/C26H31FN4O4/c1-15(2)35-23-11-24-28-21(17-7-5-16(14-32)6-8-17)13-30(24)12-18(23)25(33)29-20-4-3-9-31(26(20)34)22-10-19(22)27/h3-4,9,11-13,15-17,19,22,32H,5-8,10,14H2,1-2H3,(H,29,33)/t16-,17-,19-,22+/m1/s1. The van der Waals surface area contributed by atoms with Crippen LogP contribution in [-0.4, -0.2) is 43.8 Å². The number of anilines is 1. The summed E-state index contributed by atoms with van der Waals surface area (Å²) >= 11 is 0. The van der Waals surface area contributed by atoms with E-state index in [0.29, 0.717) is 29.7 Å². The number of amides is 1. The first-order valence-electron chi connectivity index (χ1n) is 12.3. The molecule has 1 amide bonds. The van der Waals surface area contributed by atoms with Crippen LogP contribution in [0.1, 0.15) is 74.0 Å². The SMILES string of the molecule is CC(C)Oc1cc2nc([C@H]3CC[C@H](CO)CC3)cn2cc1C(=O)Nc1cccn([C@H]2C[C@H]2F)c1=O. The molecule has 2 saturated carbocycles. The number of hydrogen-bond acceptors (Lipinski definition) is 5. The summed E-state index contributed by atoms with van der Waals surface area (Å²) in [5, 5.41) is 12.1. The van der Waals surface area contributed by atoms with E-state index in [-0.39, 0.29) is 24.0 Å². The highest BCUT2D eigenvalue weighted by Crippen LogP contribution is 2.38. The molecule has 0 unspecified atom stereocenters. The number of aromatic nitrogens is 3. The summed E-state index contributed by atoms with van der Waals surface area (Å²) in [7, 11) is 0. The second-order valence-corrected chi connectivity index (χ2v) is 9.96. The Morgan fingerprint density at radius 3 is 2.69 bits per heavy atom. The number of halogens is 1. The van der Waals surface area contributed by atoms with E-state index in [1.807, 2.05) is 24.4 Å². The van der Waals surface area contributed by atoms with Crippen LogP contribution in [0.3, 0.4) is 0 Å². The van der Waals surface area contributed by atoms with E-state index in [1.165, 1.54) is 10.6 Å². The summed E-state index contributed by atoms with van der Waals surface area (Å²) in [5.41, 5.74) is 1.59. The minimum atomic E-state index is -1.03. The van der Waals surface area contributed by atoms with Gasteiger partial charge < -0.3 is 24.1 Å². The average Bonchev–Trinajstić information content (AvgIpc) is 3.41. The average molecular weight is 483 g/mol. The Balaban J connectivity index is 1.44. The molecule has 2 aliphatic carbocycles. The quantitative estimate of drug-likeness (QED) is 0.529. The number of imidazole rings is 1. The number of pyridine rings is 2. The van der Waals surface area contributed by atoms with E-state index in [4.69, 9.17) is 9.72 Å². The molecule has 9 heteroatoms. The summed E-state index contributed by atoms with van der Waals surface area (Å²) in [6.45, 7) is 3.98. The van der Waals surface area contributed by atoms with Crippen molar-refractivity contribution >= 4 is 17.2 Å². The maximum atomic E-state index is 13.5. The van der Waals surface area contributed by atoms with Gasteiger partial charge in [-0.15, -0.1) is 0 Å². The van der Waals surface area contributed by atoms with E-state index in [0.717, 1.165) is 31.4 Å². The molecule has 3 heterocycles. The molecule has 2 atom stereocenters. The fourth-order valence-corrected chi connectivity index (χ4v) is 4.89. The second-order valence-electron chi connectivity index (χ2n) is 9.96. The molecule has 5 rings (SSSR count). The van der Waals surface area contributed by atoms with Gasteiger partial charge in [0, 0.05) is 43.6 Å². The van der Waals surface area contributed by atoms with Gasteiger partial charge in [-0.1, -0.05) is 0 Å². The van der Waals surface area contributed by atoms with Crippen molar-refractivity contribution in [3.8, 4) is 5.75 Å². The summed E-state index contributed by atoms with van der Waals surface area (Å²) in [6.07, 6.45) is 8.17. The van der Waals surface area contributed by atoms with Crippen molar-refractivity contribution in [3.63, 3.8) is 0 Å². The lowest BCUT2D eigenvalue weighted by Crippen LogP contribution is -2.26. The molecule has 0 aliphatic heterocycles. The van der Waals surface area contributed by atoms with E-state index in [1.54, 1.807) is 24.5 Å². The van der Waals surface area contributed by atoms with E-state index < -0.39 is 23.7 Å². The highest BCUT2D eigenvalue weighted by molar-refractivity contribution is 6.06. The van der Waals surface area contributed by atoms with E-state index >= 15 is 0 Å². The van der Waals surface area contributed by atoms with Gasteiger partial charge in [-0.25, -0.2) is 9.37 Å². The molecule has 35 heavy (non-hydrogen) atoms. The molecule has 3 aromatic rings. The van der Waals surface area contributed by atoms with Gasteiger partial charge in [-0.05, 0) is 57.6 Å². The lowest BCUT2D eigenvalue weighted by atomic mass is 9.81. The predicted octanol–water partition coefficient (Wildman–Crippen LogP) is 4.08. The number of carbonyl (C=O) groups excluding carboxylic acids is 1. The number of rotatable bonds is 7. The molecule has 0 aromatic carbocycles. The van der Waals surface area contributed by atoms with Crippen molar-refractivity contribution in [2.75, 3.05) is 11.9 Å². The van der Waals surface area contributed by atoms with Crippen LogP contribution < -0.4 is 15.6 Å². The van der Waals surface area contributed by atoms with Gasteiger partial charge in [0.05, 0.1) is 23.4 Å². The molecule has 3 aromatic heterocycles. The Labute approximate surface area is 202 Å². The van der Waals surface area contributed by atoms with Crippen molar-refractivity contribution < 1.29 is 19.0 Å². The number of nitrogens with one attached hydrogen (secondary N) is 1. The lowest BCUT2D eigenvalue weighted by molar-refractivity contribution is 0.102. The van der Waals surface area contributed by atoms with Gasteiger partial charge in [0.2, 0.25) is 0 Å². The van der Waals surface area contributed by atoms with Crippen molar-refractivity contribution in [3.05, 3.63) is 58.4 Å². The van der Waals surface area contributed by atoms with Crippen LogP contribution in [-0.2, 0) is 0 Å². The van der Waals surface area contributed by atoms with Crippen molar-refractivity contribution in [1.82, 2.24) is 14.0 Å². The minimum absolute atomic E-state index is 0.0964. The third-order valence-corrected chi connectivity index (χ3v) is 6.96. The minimum Gasteiger partial charge on any atom is -0.490 e. The number of carbonyl (C=O) groups is 1. The first-order valence-corrected chi connectivity index (χ1v) is 12.3. The zero-order chi connectivity index (χ0) is 24.7. The number of aliphatic hydroxyl groups is 1. The van der Waals surface area contributed by atoms with Gasteiger partial charge >= 0.3 is 0 Å². The van der Waals surface area contributed by atoms with Gasteiger partial charge in [-0.3, -0.25) is 9.59 Å². The molecule has 8 nitrogen and oxygen atoms in total. The second kappa shape index (κ2) is 9.45. The van der Waals surface area contributed by atoms with Crippen LogP contribution >= 0.6 is 0 Å². The van der Waals surface area contributed by atoms with Crippen molar-refractivity contribution in [2.45, 2.75) is 70.2 Å². The number of ether oxygens (including phenoxy) is 1. The number of fused-ring (bicyclic) bond motifs is 1. The van der Waals surface area contributed by atoms with Gasteiger partial charge in [0.25, 0.3) is 11.5 Å². The zero-order valence-corrected chi connectivity index (χ0v) is 20.0. The number of nitrogens with zero attached hydrogens (tertiary/aromatic N) is 3. The first kappa shape index (κ1) is 23.5. The third-order valence-electron chi connectivity index (χ3n) is 6.96. The Hall–Kier alpha value is -3.20. The van der Waals surface area contributed by atoms with Crippen LogP contribution in [0.15, 0.2) is 41.6 Å². The van der Waals surface area contributed by atoms with Gasteiger partial charge in [0.15, 0.2) is 0 Å². The first-order chi connectivity index (χ1) is 16.8. The topological polar surface area (TPSA) is 97.9 Å². The maximum absolute atomic E-state index is 13.5. The lowest BCUT2D eigenvalue weighted by Gasteiger charge is -2.25. The molecular weight excluding hydrogens is 451 g/mol. The summed E-state index contributed by atoms with van der Waals surface area (Å²) in [6, 6.07) is 4.43. The molecule has 2 aliphatic rings. The number of aliphatic hydroxyl groups excluding tert-OH is 1. The van der Waals surface area contributed by atoms with Gasteiger partial charge in [-0.2, -0.15) is 0 Å². The number of alkyl halides is 1. The molecule has 2 fully saturated rings. The number of hydrogen-bond donors (Lipinski definition) is 2. The molecule has 0 radical (unpaired) electrons. The summed E-state index contributed by atoms with van der Waals surface area (Å²) < 4.78 is 22.6. The van der Waals surface area contributed by atoms with Crippen LogP contribution in [0.25, 0.3) is 5.65 Å². The normalized spacial score (nSPS) is 24.0. The maximum Gasteiger partial charge on any atom is 0.274 e. The highest BCUT2D eigenvalue weighted by Gasteiger charge is 2.40. The Morgan fingerprint density at radius 1 is 1.29 bits per heavy atom. The Kier molecular flexibility index (Phi) is 6.35. The predicted molar refractivity (Wildman–Crippen MR) is 130 cm³/mol. The Bertz CT molecular complexity index is 1290. The fraction of sp³-hybridized carbons (Fsp3) is 0.500. The third kappa shape index (κ3) is 4.82. The summed E-state index contributed by atoms with van der Waals surface area (Å²) in [4.78, 5) is 30.9. The Morgan fingerprint density at radius 2 is 2.03 bits per heavy atom. The molecule has 2 N–H and O–H groups in total. The van der Waals surface area contributed by atoms with Crippen LogP contribution in [0.5, 0.6) is 5.75 Å². The van der Waals surface area contributed by atoms with E-state index in [2.05, 4.69) is 5.32 Å². The molecule has 0 saturated heterocycles. The molecule has 186 valence electrons. The zero-order valence-electron chi connectivity index (χ0n) is 20.0. The molecule has 0 bridgehead atoms. The van der Waals surface area contributed by atoms with Crippen LogP contribution in [0.4, 0.5) is 10.1 Å². The van der Waals surface area contributed by atoms with Crippen molar-refractivity contribution in [2.24, 2.45) is 5.92 Å². The van der Waals surface area contributed by atoms with E-state index in [9.17, 15) is 19.1 Å². The molecular formula is C26H31FN4O4. The van der Waals surface area contributed by atoms with Crippen LogP contribution in [0.2, 0.25) is 0 Å².